The number of aromatic nitrogens is 1. The smallest absolute Gasteiger partial charge is 0.216 e. The SMILES string of the molecule is CCNC(=NCc1nc(C)c(C)o1)NCC(O)(Cc1ccccc1)c1ccccc1. The quantitative estimate of drug-likeness (QED) is 0.394. The first-order valence-corrected chi connectivity index (χ1v) is 10.3. The Labute approximate surface area is 178 Å². The van der Waals surface area contributed by atoms with Gasteiger partial charge in [-0.25, -0.2) is 9.98 Å². The molecular formula is C24H30N4O2. The number of nitrogens with zero attached hydrogens (tertiary/aromatic N) is 2. The number of rotatable bonds is 8. The summed E-state index contributed by atoms with van der Waals surface area (Å²) in [6.07, 6.45) is 0.488. The largest absolute Gasteiger partial charge is 0.444 e. The molecule has 30 heavy (non-hydrogen) atoms. The molecule has 0 spiro atoms. The molecule has 0 aliphatic carbocycles. The molecule has 0 fully saturated rings. The first-order chi connectivity index (χ1) is 14.5. The zero-order chi connectivity index (χ0) is 21.4. The van der Waals surface area contributed by atoms with E-state index in [0.29, 0.717) is 37.9 Å². The predicted molar refractivity (Wildman–Crippen MR) is 119 cm³/mol. The van der Waals surface area contributed by atoms with Crippen LogP contribution in [0.15, 0.2) is 70.1 Å². The lowest BCUT2D eigenvalue weighted by Crippen LogP contribution is -2.46. The van der Waals surface area contributed by atoms with Gasteiger partial charge in [0.15, 0.2) is 5.96 Å². The molecule has 6 nitrogen and oxygen atoms in total. The number of benzene rings is 2. The fraction of sp³-hybridized carbons (Fsp3) is 0.333. The number of oxazole rings is 1. The molecule has 1 aromatic heterocycles. The first kappa shape index (κ1) is 21.6. The molecule has 1 heterocycles. The Morgan fingerprint density at radius 1 is 1.03 bits per heavy atom. The minimum Gasteiger partial charge on any atom is -0.444 e. The van der Waals surface area contributed by atoms with Crippen molar-refractivity contribution in [2.24, 2.45) is 4.99 Å². The van der Waals surface area contributed by atoms with Gasteiger partial charge >= 0.3 is 0 Å². The molecule has 3 rings (SSSR count). The maximum absolute atomic E-state index is 11.6. The molecule has 0 amide bonds. The zero-order valence-electron chi connectivity index (χ0n) is 17.9. The highest BCUT2D eigenvalue weighted by atomic mass is 16.4. The Morgan fingerprint density at radius 3 is 2.30 bits per heavy atom. The third-order valence-electron chi connectivity index (χ3n) is 4.99. The van der Waals surface area contributed by atoms with E-state index in [1.165, 1.54) is 0 Å². The van der Waals surface area contributed by atoms with Gasteiger partial charge in [-0.2, -0.15) is 0 Å². The minimum atomic E-state index is -1.09. The van der Waals surface area contributed by atoms with Crippen LogP contribution in [-0.4, -0.2) is 29.1 Å². The summed E-state index contributed by atoms with van der Waals surface area (Å²) < 4.78 is 5.61. The van der Waals surface area contributed by atoms with E-state index in [1.807, 2.05) is 81.4 Å². The average Bonchev–Trinajstić information content (AvgIpc) is 3.09. The van der Waals surface area contributed by atoms with Gasteiger partial charge in [-0.1, -0.05) is 60.7 Å². The molecule has 6 heteroatoms. The summed E-state index contributed by atoms with van der Waals surface area (Å²) in [5.74, 6) is 1.98. The van der Waals surface area contributed by atoms with Gasteiger partial charge in [-0.3, -0.25) is 0 Å². The molecule has 3 N–H and O–H groups in total. The molecule has 158 valence electrons. The number of aliphatic imine (C=N–C) groups is 1. The lowest BCUT2D eigenvalue weighted by molar-refractivity contribution is 0.0414. The van der Waals surface area contributed by atoms with Gasteiger partial charge < -0.3 is 20.2 Å². The summed E-state index contributed by atoms with van der Waals surface area (Å²) in [4.78, 5) is 8.94. The molecule has 1 atom stereocenters. The van der Waals surface area contributed by atoms with E-state index in [9.17, 15) is 5.11 Å². The van der Waals surface area contributed by atoms with Crippen molar-refractivity contribution < 1.29 is 9.52 Å². The van der Waals surface area contributed by atoms with Crippen LogP contribution >= 0.6 is 0 Å². The van der Waals surface area contributed by atoms with Crippen molar-refractivity contribution in [3.63, 3.8) is 0 Å². The molecular weight excluding hydrogens is 376 g/mol. The van der Waals surface area contributed by atoms with Crippen LogP contribution in [0.25, 0.3) is 0 Å². The predicted octanol–water partition coefficient (Wildman–Crippen LogP) is 3.48. The Kier molecular flexibility index (Phi) is 7.25. The van der Waals surface area contributed by atoms with Crippen LogP contribution in [0, 0.1) is 13.8 Å². The molecule has 2 aromatic carbocycles. The third kappa shape index (κ3) is 5.70. The molecule has 0 bridgehead atoms. The first-order valence-electron chi connectivity index (χ1n) is 10.3. The summed E-state index contributed by atoms with van der Waals surface area (Å²) in [5.41, 5.74) is 1.71. The molecule has 0 radical (unpaired) electrons. The summed E-state index contributed by atoms with van der Waals surface area (Å²) >= 11 is 0. The highest BCUT2D eigenvalue weighted by Crippen LogP contribution is 2.25. The standard InChI is InChI=1S/C24H30N4O2/c1-4-25-23(26-16-22-28-18(2)19(3)30-22)27-17-24(29,21-13-9-6-10-14-21)15-20-11-7-5-8-12-20/h5-14,29H,4,15-17H2,1-3H3,(H2,25,26,27). The van der Waals surface area contributed by atoms with Gasteiger partial charge in [0.25, 0.3) is 0 Å². The van der Waals surface area contributed by atoms with Gasteiger partial charge in [0, 0.05) is 13.0 Å². The van der Waals surface area contributed by atoms with Gasteiger partial charge in [0.2, 0.25) is 5.89 Å². The van der Waals surface area contributed by atoms with E-state index < -0.39 is 5.60 Å². The van der Waals surface area contributed by atoms with Crippen molar-refractivity contribution in [3.8, 4) is 0 Å². The minimum absolute atomic E-state index is 0.307. The fourth-order valence-electron chi connectivity index (χ4n) is 3.27. The average molecular weight is 407 g/mol. The van der Waals surface area contributed by atoms with Crippen LogP contribution in [-0.2, 0) is 18.6 Å². The molecule has 1 unspecified atom stereocenters. The Morgan fingerprint density at radius 2 is 1.70 bits per heavy atom. The van der Waals surface area contributed by atoms with E-state index in [1.54, 1.807) is 0 Å². The van der Waals surface area contributed by atoms with Crippen molar-refractivity contribution >= 4 is 5.96 Å². The van der Waals surface area contributed by atoms with Gasteiger partial charge in [0.05, 0.1) is 12.2 Å². The molecule has 0 aliphatic heterocycles. The van der Waals surface area contributed by atoms with E-state index in [2.05, 4.69) is 20.6 Å². The van der Waals surface area contributed by atoms with E-state index >= 15 is 0 Å². The topological polar surface area (TPSA) is 82.7 Å². The lowest BCUT2D eigenvalue weighted by Gasteiger charge is -2.30. The fourth-order valence-corrected chi connectivity index (χ4v) is 3.27. The van der Waals surface area contributed by atoms with Crippen LogP contribution < -0.4 is 10.6 Å². The highest BCUT2D eigenvalue weighted by molar-refractivity contribution is 5.79. The van der Waals surface area contributed by atoms with E-state index in [-0.39, 0.29) is 0 Å². The van der Waals surface area contributed by atoms with Crippen LogP contribution in [0.4, 0.5) is 0 Å². The van der Waals surface area contributed by atoms with Crippen molar-refractivity contribution in [3.05, 3.63) is 89.1 Å². The number of hydrogen-bond donors (Lipinski definition) is 3. The van der Waals surface area contributed by atoms with Crippen LogP contribution in [0.3, 0.4) is 0 Å². The number of guanidine groups is 1. The second-order valence-corrected chi connectivity index (χ2v) is 7.36. The van der Waals surface area contributed by atoms with Crippen molar-refractivity contribution in [2.75, 3.05) is 13.1 Å². The van der Waals surface area contributed by atoms with Crippen molar-refractivity contribution in [2.45, 2.75) is 39.3 Å². The number of hydrogen-bond acceptors (Lipinski definition) is 4. The van der Waals surface area contributed by atoms with Crippen LogP contribution in [0.1, 0.15) is 35.4 Å². The van der Waals surface area contributed by atoms with Gasteiger partial charge in [-0.15, -0.1) is 0 Å². The normalized spacial score (nSPS) is 13.7. The Bertz CT molecular complexity index is 934. The summed E-state index contributed by atoms with van der Waals surface area (Å²) in [6, 6.07) is 19.7. The summed E-state index contributed by atoms with van der Waals surface area (Å²) in [6.45, 7) is 7.15. The number of aryl methyl sites for hydroxylation is 2. The van der Waals surface area contributed by atoms with Gasteiger partial charge in [-0.05, 0) is 31.9 Å². The second-order valence-electron chi connectivity index (χ2n) is 7.36. The number of nitrogens with one attached hydrogen (secondary N) is 2. The third-order valence-corrected chi connectivity index (χ3v) is 4.99. The molecule has 0 saturated heterocycles. The maximum atomic E-state index is 11.6. The second kappa shape index (κ2) is 10.1. The molecule has 0 aliphatic rings. The molecule has 0 saturated carbocycles. The van der Waals surface area contributed by atoms with Gasteiger partial charge in [0.1, 0.15) is 17.9 Å². The van der Waals surface area contributed by atoms with Crippen molar-refractivity contribution in [1.29, 1.82) is 0 Å². The lowest BCUT2D eigenvalue weighted by atomic mass is 9.87. The van der Waals surface area contributed by atoms with E-state index in [4.69, 9.17) is 4.42 Å². The van der Waals surface area contributed by atoms with E-state index in [0.717, 1.165) is 22.6 Å². The number of aliphatic hydroxyl groups is 1. The van der Waals surface area contributed by atoms with Crippen molar-refractivity contribution in [1.82, 2.24) is 15.6 Å². The maximum Gasteiger partial charge on any atom is 0.216 e. The Hall–Kier alpha value is -3.12. The zero-order valence-corrected chi connectivity index (χ0v) is 17.9. The molecule has 3 aromatic rings. The summed E-state index contributed by atoms with van der Waals surface area (Å²) in [7, 11) is 0. The monoisotopic (exact) mass is 406 g/mol. The Balaban J connectivity index is 1.77. The highest BCUT2D eigenvalue weighted by Gasteiger charge is 2.30. The van der Waals surface area contributed by atoms with Crippen LogP contribution in [0.5, 0.6) is 0 Å². The summed E-state index contributed by atoms with van der Waals surface area (Å²) in [5, 5.41) is 18.1. The van der Waals surface area contributed by atoms with Crippen LogP contribution in [0.2, 0.25) is 0 Å².